The van der Waals surface area contributed by atoms with Crippen molar-refractivity contribution in [2.24, 2.45) is 0 Å². The van der Waals surface area contributed by atoms with E-state index in [4.69, 9.17) is 16.3 Å². The number of esters is 1. The lowest BCUT2D eigenvalue weighted by Crippen LogP contribution is -2.42. The Balaban J connectivity index is 1.65. The largest absolute Gasteiger partial charge is 0.462 e. The normalized spacial score (nSPS) is 14.0. The highest BCUT2D eigenvalue weighted by Gasteiger charge is 2.34. The van der Waals surface area contributed by atoms with Crippen molar-refractivity contribution < 1.29 is 22.7 Å². The Labute approximate surface area is 218 Å². The van der Waals surface area contributed by atoms with Crippen molar-refractivity contribution in [3.05, 3.63) is 91.0 Å². The summed E-state index contributed by atoms with van der Waals surface area (Å²) in [6.07, 6.45) is -0.442. The molecule has 0 spiro atoms. The smallest absolute Gasteiger partial charge is 0.417 e. The number of H-pyrrole nitrogens is 1. The van der Waals surface area contributed by atoms with Crippen LogP contribution in [0.1, 0.15) is 59.4 Å². The number of rotatable bonds is 6. The molecule has 1 aliphatic carbocycles. The van der Waals surface area contributed by atoms with Crippen molar-refractivity contribution in [2.45, 2.75) is 44.8 Å². The Morgan fingerprint density at radius 3 is 2.63 bits per heavy atom. The number of aromatic amines is 1. The third-order valence-corrected chi connectivity index (χ3v) is 7.08. The molecular weight excluding hydrogens is 525 g/mol. The van der Waals surface area contributed by atoms with E-state index in [2.05, 4.69) is 9.97 Å². The number of carbonyl (C=O) groups is 1. The molecule has 0 aliphatic heterocycles. The predicted octanol–water partition coefficient (Wildman–Crippen LogP) is 5.04. The number of nitrogens with zero attached hydrogens (tertiary/aromatic N) is 3. The van der Waals surface area contributed by atoms with Gasteiger partial charge in [-0.1, -0.05) is 30.2 Å². The summed E-state index contributed by atoms with van der Waals surface area (Å²) in [5.74, 6) is 0.235. The van der Waals surface area contributed by atoms with Crippen molar-refractivity contribution in [1.82, 2.24) is 19.1 Å². The molecule has 0 amide bonds. The van der Waals surface area contributed by atoms with Gasteiger partial charge in [-0.25, -0.2) is 14.6 Å². The lowest BCUT2D eigenvalue weighted by molar-refractivity contribution is -0.137. The van der Waals surface area contributed by atoms with E-state index in [1.54, 1.807) is 25.1 Å². The SMILES string of the molecule is CCOC(=O)c1cn(-c2ccc3[nH]c(C4CCC4)nc3c2)c(=O)n(Cc2cccc(C(F)(F)F)c2Cl)c1=O. The first kappa shape index (κ1) is 25.8. The van der Waals surface area contributed by atoms with Crippen LogP contribution in [0.5, 0.6) is 0 Å². The van der Waals surface area contributed by atoms with E-state index < -0.39 is 46.1 Å². The Bertz CT molecular complexity index is 1670. The van der Waals surface area contributed by atoms with E-state index >= 15 is 0 Å². The van der Waals surface area contributed by atoms with E-state index in [1.165, 1.54) is 6.07 Å². The third kappa shape index (κ3) is 4.62. The molecule has 4 aromatic rings. The standard InChI is InChI=1S/C26H22ClF3N4O4/c1-2-38-24(36)17-13-33(16-9-10-19-20(11-16)32-22(31-19)14-5-3-6-14)25(37)34(23(17)35)12-15-7-4-8-18(21(15)27)26(28,29)30/h4,7-11,13-14H,2-3,5-6,12H2,1H3,(H,31,32). The van der Waals surface area contributed by atoms with Gasteiger partial charge in [-0.05, 0) is 49.6 Å². The van der Waals surface area contributed by atoms with E-state index in [1.807, 2.05) is 0 Å². The molecule has 5 rings (SSSR count). The van der Waals surface area contributed by atoms with Gasteiger partial charge in [-0.15, -0.1) is 0 Å². The van der Waals surface area contributed by atoms with Gasteiger partial charge in [0.2, 0.25) is 0 Å². The fraction of sp³-hybridized carbons (Fsp3) is 0.308. The second kappa shape index (κ2) is 9.79. The summed E-state index contributed by atoms with van der Waals surface area (Å²) in [7, 11) is 0. The van der Waals surface area contributed by atoms with Gasteiger partial charge in [0.05, 0.1) is 40.5 Å². The molecule has 0 bridgehead atoms. The zero-order valence-corrected chi connectivity index (χ0v) is 20.9. The molecule has 0 saturated heterocycles. The van der Waals surface area contributed by atoms with E-state index in [0.29, 0.717) is 21.7 Å². The number of carbonyl (C=O) groups excluding carboxylic acids is 1. The van der Waals surface area contributed by atoms with Crippen LogP contribution < -0.4 is 11.2 Å². The van der Waals surface area contributed by atoms with Crippen molar-refractivity contribution >= 4 is 28.6 Å². The molecule has 1 saturated carbocycles. The minimum absolute atomic E-state index is 0.0277. The molecule has 198 valence electrons. The second-order valence-corrected chi connectivity index (χ2v) is 9.41. The van der Waals surface area contributed by atoms with Crippen LogP contribution in [0.3, 0.4) is 0 Å². The third-order valence-electron chi connectivity index (χ3n) is 6.63. The zero-order chi connectivity index (χ0) is 27.2. The first-order chi connectivity index (χ1) is 18.1. The minimum atomic E-state index is -4.73. The molecule has 1 N–H and O–H groups in total. The lowest BCUT2D eigenvalue weighted by atomic mass is 9.85. The maximum atomic E-state index is 13.5. The van der Waals surface area contributed by atoms with Gasteiger partial charge in [0, 0.05) is 12.1 Å². The van der Waals surface area contributed by atoms with Crippen molar-refractivity contribution in [3.63, 3.8) is 0 Å². The monoisotopic (exact) mass is 546 g/mol. The molecule has 2 aromatic carbocycles. The van der Waals surface area contributed by atoms with Crippen LogP contribution in [-0.4, -0.2) is 31.7 Å². The van der Waals surface area contributed by atoms with Crippen LogP contribution in [0.15, 0.2) is 52.2 Å². The first-order valence-corrected chi connectivity index (χ1v) is 12.3. The highest BCUT2D eigenvalue weighted by molar-refractivity contribution is 6.32. The summed E-state index contributed by atoms with van der Waals surface area (Å²) in [6.45, 7) is 0.935. The molecule has 2 heterocycles. The van der Waals surface area contributed by atoms with E-state index in [9.17, 15) is 27.6 Å². The van der Waals surface area contributed by atoms with Crippen LogP contribution in [0, 0.1) is 0 Å². The Kier molecular flexibility index (Phi) is 6.64. The fourth-order valence-corrected chi connectivity index (χ4v) is 4.70. The highest BCUT2D eigenvalue weighted by Crippen LogP contribution is 2.37. The molecule has 0 atom stereocenters. The summed E-state index contributed by atoms with van der Waals surface area (Å²) in [5, 5.41) is -0.638. The van der Waals surface area contributed by atoms with Crippen LogP contribution in [-0.2, 0) is 17.5 Å². The van der Waals surface area contributed by atoms with Crippen molar-refractivity contribution in [2.75, 3.05) is 6.61 Å². The van der Waals surface area contributed by atoms with E-state index in [0.717, 1.165) is 53.5 Å². The van der Waals surface area contributed by atoms with Gasteiger partial charge in [0.15, 0.2) is 0 Å². The maximum absolute atomic E-state index is 13.5. The van der Waals surface area contributed by atoms with Crippen molar-refractivity contribution in [3.8, 4) is 5.69 Å². The fourth-order valence-electron chi connectivity index (χ4n) is 4.41. The summed E-state index contributed by atoms with van der Waals surface area (Å²) >= 11 is 6.02. The number of benzene rings is 2. The zero-order valence-electron chi connectivity index (χ0n) is 20.1. The first-order valence-electron chi connectivity index (χ1n) is 12.0. The summed E-state index contributed by atoms with van der Waals surface area (Å²) < 4.78 is 46.9. The molecule has 12 heteroatoms. The van der Waals surface area contributed by atoms with Crippen LogP contribution in [0.25, 0.3) is 16.7 Å². The lowest BCUT2D eigenvalue weighted by Gasteiger charge is -2.22. The number of halogens is 4. The maximum Gasteiger partial charge on any atom is 0.417 e. The van der Waals surface area contributed by atoms with Gasteiger partial charge in [0.1, 0.15) is 11.4 Å². The quantitative estimate of drug-likeness (QED) is 0.342. The highest BCUT2D eigenvalue weighted by atomic mass is 35.5. The summed E-state index contributed by atoms with van der Waals surface area (Å²) in [6, 6.07) is 8.20. The van der Waals surface area contributed by atoms with Crippen LogP contribution in [0.4, 0.5) is 13.2 Å². The second-order valence-electron chi connectivity index (χ2n) is 9.03. The Hall–Kier alpha value is -3.86. The molecular formula is C26H22ClF3N4O4. The minimum Gasteiger partial charge on any atom is -0.462 e. The Morgan fingerprint density at radius 2 is 1.97 bits per heavy atom. The number of alkyl halides is 3. The number of nitrogens with one attached hydrogen (secondary N) is 1. The summed E-state index contributed by atoms with van der Waals surface area (Å²) in [5.41, 5.74) is -1.88. The number of ether oxygens (including phenoxy) is 1. The molecule has 2 aromatic heterocycles. The molecule has 0 unspecified atom stereocenters. The van der Waals surface area contributed by atoms with Crippen LogP contribution in [0.2, 0.25) is 5.02 Å². The van der Waals surface area contributed by atoms with Gasteiger partial charge in [0.25, 0.3) is 5.56 Å². The van der Waals surface area contributed by atoms with Gasteiger partial charge in [-0.2, -0.15) is 13.2 Å². The molecule has 38 heavy (non-hydrogen) atoms. The number of hydrogen-bond donors (Lipinski definition) is 1. The average Bonchev–Trinajstić information content (AvgIpc) is 3.23. The average molecular weight is 547 g/mol. The predicted molar refractivity (Wildman–Crippen MR) is 134 cm³/mol. The van der Waals surface area contributed by atoms with Gasteiger partial charge >= 0.3 is 17.8 Å². The number of aromatic nitrogens is 4. The molecule has 1 fully saturated rings. The van der Waals surface area contributed by atoms with Gasteiger partial charge in [-0.3, -0.25) is 13.9 Å². The van der Waals surface area contributed by atoms with Gasteiger partial charge < -0.3 is 9.72 Å². The molecule has 1 aliphatic rings. The summed E-state index contributed by atoms with van der Waals surface area (Å²) in [4.78, 5) is 47.2. The van der Waals surface area contributed by atoms with Crippen LogP contribution >= 0.6 is 11.6 Å². The topological polar surface area (TPSA) is 99.0 Å². The number of hydrogen-bond acceptors (Lipinski definition) is 5. The Morgan fingerprint density at radius 1 is 1.21 bits per heavy atom. The molecule has 0 radical (unpaired) electrons. The molecule has 8 nitrogen and oxygen atoms in total. The number of imidazole rings is 1. The van der Waals surface area contributed by atoms with Crippen molar-refractivity contribution in [1.29, 1.82) is 0 Å². The van der Waals surface area contributed by atoms with E-state index in [-0.39, 0.29) is 12.2 Å². The number of fused-ring (bicyclic) bond motifs is 1.